The first-order valence-electron chi connectivity index (χ1n) is 17.0. The molecule has 0 heterocycles. The van der Waals surface area contributed by atoms with E-state index in [4.69, 9.17) is 9.47 Å². The molecule has 0 aliphatic carbocycles. The maximum absolute atomic E-state index is 12.4. The van der Waals surface area contributed by atoms with E-state index in [0.29, 0.717) is 6.61 Å². The second kappa shape index (κ2) is 30.6. The van der Waals surface area contributed by atoms with E-state index >= 15 is 0 Å². The van der Waals surface area contributed by atoms with Gasteiger partial charge in [-0.3, -0.25) is 4.90 Å². The molecule has 0 aliphatic rings. The summed E-state index contributed by atoms with van der Waals surface area (Å²) in [5.74, 6) is 0. The predicted molar refractivity (Wildman–Crippen MR) is 174 cm³/mol. The fraction of sp³-hybridized carbons (Fsp3) is 0.857. The third-order valence-electron chi connectivity index (χ3n) is 7.40. The molecule has 0 rings (SSSR count). The summed E-state index contributed by atoms with van der Waals surface area (Å²) in [5.41, 5.74) is 0. The molecule has 0 aliphatic heterocycles. The number of carbonyl (C=O) groups is 1. The van der Waals surface area contributed by atoms with Gasteiger partial charge in [0, 0.05) is 19.6 Å². The van der Waals surface area contributed by atoms with Gasteiger partial charge in [0.15, 0.2) is 0 Å². The molecule has 0 bridgehead atoms. The molecule has 0 spiro atoms. The SMILES string of the molecule is CCCCC/C=C\C/C=C\CCCCCCCCC(CCCCCC)OC(=O)OCCN(CCC)CCN(C)C. The summed E-state index contributed by atoms with van der Waals surface area (Å²) in [4.78, 5) is 17.0. The van der Waals surface area contributed by atoms with E-state index in [1.54, 1.807) is 0 Å². The van der Waals surface area contributed by atoms with Gasteiger partial charge in [-0.2, -0.15) is 0 Å². The molecule has 0 saturated carbocycles. The standard InChI is InChI=1S/C35H68N2O3/c1-6-9-11-13-14-15-16-17-18-19-20-21-22-23-24-26-28-34(27-25-12-10-7-2)40-35(38)39-33-32-37(29-8-3)31-30-36(4)5/h14-15,17-18,34H,6-13,16,19-33H2,1-5H3/b15-14-,18-17-. The third kappa shape index (κ3) is 28.2. The Morgan fingerprint density at radius 1 is 0.625 bits per heavy atom. The maximum Gasteiger partial charge on any atom is 0.508 e. The Bertz CT molecular complexity index is 591. The number of unbranched alkanes of at least 4 members (excludes halogenated alkanes) is 12. The molecule has 0 radical (unpaired) electrons. The number of carbonyl (C=O) groups excluding carboxylic acids is 1. The molecule has 5 heteroatoms. The monoisotopic (exact) mass is 565 g/mol. The number of rotatable bonds is 29. The number of hydrogen-bond donors (Lipinski definition) is 0. The lowest BCUT2D eigenvalue weighted by molar-refractivity contribution is 0.0118. The quantitative estimate of drug-likeness (QED) is 0.0514. The van der Waals surface area contributed by atoms with Crippen LogP contribution in [-0.2, 0) is 9.47 Å². The molecule has 40 heavy (non-hydrogen) atoms. The highest BCUT2D eigenvalue weighted by Gasteiger charge is 2.16. The first kappa shape index (κ1) is 38.7. The van der Waals surface area contributed by atoms with Crippen molar-refractivity contribution in [3.8, 4) is 0 Å². The van der Waals surface area contributed by atoms with Crippen molar-refractivity contribution in [1.82, 2.24) is 9.80 Å². The van der Waals surface area contributed by atoms with Crippen molar-refractivity contribution in [3.05, 3.63) is 24.3 Å². The highest BCUT2D eigenvalue weighted by Crippen LogP contribution is 2.17. The summed E-state index contributed by atoms with van der Waals surface area (Å²) >= 11 is 0. The minimum absolute atomic E-state index is 0.00401. The first-order chi connectivity index (χ1) is 19.5. The Labute approximate surface area is 250 Å². The van der Waals surface area contributed by atoms with Gasteiger partial charge in [0.25, 0.3) is 0 Å². The summed E-state index contributed by atoms with van der Waals surface area (Å²) in [7, 11) is 4.18. The zero-order valence-electron chi connectivity index (χ0n) is 27.5. The zero-order valence-corrected chi connectivity index (χ0v) is 27.5. The normalized spacial score (nSPS) is 12.8. The second-order valence-electron chi connectivity index (χ2n) is 11.7. The van der Waals surface area contributed by atoms with Gasteiger partial charge < -0.3 is 14.4 Å². The molecular formula is C35H68N2O3. The van der Waals surface area contributed by atoms with Crippen molar-refractivity contribution in [3.63, 3.8) is 0 Å². The van der Waals surface area contributed by atoms with E-state index in [-0.39, 0.29) is 6.10 Å². The Morgan fingerprint density at radius 2 is 1.18 bits per heavy atom. The maximum atomic E-state index is 12.4. The van der Waals surface area contributed by atoms with Crippen molar-refractivity contribution in [2.45, 2.75) is 149 Å². The van der Waals surface area contributed by atoms with Crippen LogP contribution in [0, 0.1) is 0 Å². The summed E-state index contributed by atoms with van der Waals surface area (Å²) in [6.07, 6.45) is 31.7. The van der Waals surface area contributed by atoms with Crippen LogP contribution in [0.15, 0.2) is 24.3 Å². The van der Waals surface area contributed by atoms with Crippen LogP contribution in [0.25, 0.3) is 0 Å². The minimum Gasteiger partial charge on any atom is -0.433 e. The zero-order chi connectivity index (χ0) is 29.5. The third-order valence-corrected chi connectivity index (χ3v) is 7.40. The number of nitrogens with zero attached hydrogens (tertiary/aromatic N) is 2. The van der Waals surface area contributed by atoms with Crippen LogP contribution in [0.4, 0.5) is 4.79 Å². The van der Waals surface area contributed by atoms with Gasteiger partial charge in [0.2, 0.25) is 0 Å². The van der Waals surface area contributed by atoms with Crippen LogP contribution in [0.1, 0.15) is 143 Å². The number of hydrogen-bond acceptors (Lipinski definition) is 5. The molecule has 1 atom stereocenters. The molecule has 0 amide bonds. The van der Waals surface area contributed by atoms with Crippen LogP contribution in [-0.4, -0.2) is 68.9 Å². The van der Waals surface area contributed by atoms with Crippen LogP contribution in [0.2, 0.25) is 0 Å². The lowest BCUT2D eigenvalue weighted by atomic mass is 10.0. The van der Waals surface area contributed by atoms with Crippen LogP contribution in [0.5, 0.6) is 0 Å². The predicted octanol–water partition coefficient (Wildman–Crippen LogP) is 9.96. The number of allylic oxidation sites excluding steroid dienone is 4. The summed E-state index contributed by atoms with van der Waals surface area (Å²) in [6, 6.07) is 0. The van der Waals surface area contributed by atoms with E-state index in [1.165, 1.54) is 83.5 Å². The molecular weight excluding hydrogens is 496 g/mol. The van der Waals surface area contributed by atoms with E-state index in [2.05, 4.69) is 69.0 Å². The summed E-state index contributed by atoms with van der Waals surface area (Å²) < 4.78 is 11.3. The highest BCUT2D eigenvalue weighted by molar-refractivity contribution is 5.60. The summed E-state index contributed by atoms with van der Waals surface area (Å²) in [6.45, 7) is 10.9. The Balaban J connectivity index is 4.09. The first-order valence-corrected chi connectivity index (χ1v) is 17.0. The van der Waals surface area contributed by atoms with Gasteiger partial charge in [-0.05, 0) is 84.8 Å². The average molecular weight is 565 g/mol. The van der Waals surface area contributed by atoms with Gasteiger partial charge in [-0.25, -0.2) is 4.79 Å². The molecule has 0 aromatic heterocycles. The Kier molecular flexibility index (Phi) is 29.6. The number of likely N-dealkylation sites (N-methyl/N-ethyl adjacent to an activating group) is 1. The topological polar surface area (TPSA) is 42.0 Å². The van der Waals surface area contributed by atoms with Gasteiger partial charge in [0.05, 0.1) is 0 Å². The van der Waals surface area contributed by atoms with Crippen LogP contribution < -0.4 is 0 Å². The molecule has 0 aromatic carbocycles. The Hall–Kier alpha value is -1.33. The van der Waals surface area contributed by atoms with Gasteiger partial charge in [-0.1, -0.05) is 103 Å². The minimum atomic E-state index is -0.482. The van der Waals surface area contributed by atoms with E-state index < -0.39 is 6.16 Å². The van der Waals surface area contributed by atoms with E-state index in [9.17, 15) is 4.79 Å². The van der Waals surface area contributed by atoms with E-state index in [0.717, 1.165) is 64.7 Å². The number of ether oxygens (including phenoxy) is 2. The Morgan fingerprint density at radius 3 is 1.77 bits per heavy atom. The van der Waals surface area contributed by atoms with Crippen molar-refractivity contribution < 1.29 is 14.3 Å². The average Bonchev–Trinajstić information content (AvgIpc) is 2.93. The van der Waals surface area contributed by atoms with Crippen molar-refractivity contribution >= 4 is 6.16 Å². The van der Waals surface area contributed by atoms with Crippen molar-refractivity contribution in [2.75, 3.05) is 46.9 Å². The fourth-order valence-electron chi connectivity index (χ4n) is 4.84. The van der Waals surface area contributed by atoms with Crippen LogP contribution >= 0.6 is 0 Å². The fourth-order valence-corrected chi connectivity index (χ4v) is 4.84. The lowest BCUT2D eigenvalue weighted by Crippen LogP contribution is -2.35. The molecule has 0 saturated heterocycles. The van der Waals surface area contributed by atoms with Gasteiger partial charge in [0.1, 0.15) is 12.7 Å². The van der Waals surface area contributed by atoms with Crippen molar-refractivity contribution in [2.24, 2.45) is 0 Å². The molecule has 0 N–H and O–H groups in total. The highest BCUT2D eigenvalue weighted by atomic mass is 16.7. The molecule has 236 valence electrons. The largest absolute Gasteiger partial charge is 0.508 e. The second-order valence-corrected chi connectivity index (χ2v) is 11.7. The van der Waals surface area contributed by atoms with Crippen LogP contribution in [0.3, 0.4) is 0 Å². The van der Waals surface area contributed by atoms with Gasteiger partial charge in [-0.15, -0.1) is 0 Å². The summed E-state index contributed by atoms with van der Waals surface area (Å²) in [5, 5.41) is 0. The molecule has 1 unspecified atom stereocenters. The molecule has 0 fully saturated rings. The molecule has 5 nitrogen and oxygen atoms in total. The van der Waals surface area contributed by atoms with E-state index in [1.807, 2.05) is 0 Å². The lowest BCUT2D eigenvalue weighted by Gasteiger charge is -2.23. The van der Waals surface area contributed by atoms with Crippen molar-refractivity contribution in [1.29, 1.82) is 0 Å². The van der Waals surface area contributed by atoms with Gasteiger partial charge >= 0.3 is 6.16 Å². The molecule has 0 aromatic rings. The smallest absolute Gasteiger partial charge is 0.433 e.